The Morgan fingerprint density at radius 3 is 1.67 bits per heavy atom. The Balaban J connectivity index is 0. The molecule has 0 spiro atoms. The maximum absolute atomic E-state index is 4.82. The average Bonchev–Trinajstić information content (AvgIpc) is 1.65. The highest BCUT2D eigenvalue weighted by Gasteiger charge is 1.94. The molecule has 2 nitrogen and oxygen atoms in total. The fourth-order valence-electron chi connectivity index (χ4n) is 0.0962. The van der Waals surface area contributed by atoms with Crippen molar-refractivity contribution < 1.29 is 10.3 Å². The molecule has 38 valence electrons. The van der Waals surface area contributed by atoms with Crippen molar-refractivity contribution >= 4 is 9.28 Å². The summed E-state index contributed by atoms with van der Waals surface area (Å²) < 4.78 is 9.63. The van der Waals surface area contributed by atoms with Gasteiger partial charge in [-0.05, 0) is 6.55 Å². The predicted octanol–water partition coefficient (Wildman–Crippen LogP) is 0.242. The lowest BCUT2D eigenvalue weighted by Crippen LogP contribution is -2.12. The minimum atomic E-state index is -1.16. The molecule has 0 rings (SSSR count). The molecule has 0 aromatic rings. The highest BCUT2D eigenvalue weighted by atomic mass is 28.3. The van der Waals surface area contributed by atoms with E-state index in [-0.39, 0.29) is 1.43 Å². The van der Waals surface area contributed by atoms with Gasteiger partial charge in [0.15, 0.2) is 0 Å². The molecule has 0 fully saturated rings. The second-order valence-electron chi connectivity index (χ2n) is 1.04. The molecule has 0 saturated heterocycles. The van der Waals surface area contributed by atoms with E-state index in [0.29, 0.717) is 0 Å². The monoisotopic (exact) mass is 107 g/mol. The van der Waals surface area contributed by atoms with Crippen LogP contribution in [0.15, 0.2) is 0 Å². The molecule has 0 aliphatic heterocycles. The highest BCUT2D eigenvalue weighted by Crippen LogP contribution is 1.77. The van der Waals surface area contributed by atoms with E-state index in [1.807, 2.05) is 6.55 Å². The molecule has 0 amide bonds. The van der Waals surface area contributed by atoms with Crippen molar-refractivity contribution in [2.24, 2.45) is 0 Å². The first-order chi connectivity index (χ1) is 2.81. The quantitative estimate of drug-likeness (QED) is 0.471. The van der Waals surface area contributed by atoms with Gasteiger partial charge >= 0.3 is 10.7 Å². The maximum Gasteiger partial charge on any atom is 1.00 e. The van der Waals surface area contributed by atoms with E-state index in [4.69, 9.17) is 8.85 Å². The van der Waals surface area contributed by atoms with Crippen molar-refractivity contribution in [2.75, 3.05) is 14.2 Å². The molecular weight excluding hydrogens is 96.1 g/mol. The zero-order chi connectivity index (χ0) is 4.99. The first kappa shape index (κ1) is 6.14. The van der Waals surface area contributed by atoms with E-state index in [2.05, 4.69) is 0 Å². The minimum absolute atomic E-state index is 0. The second kappa shape index (κ2) is 3.33. The first-order valence-corrected chi connectivity index (χ1v) is 3.96. The summed E-state index contributed by atoms with van der Waals surface area (Å²) in [5.41, 5.74) is 0. The molecule has 0 aliphatic carbocycles. The van der Waals surface area contributed by atoms with Gasteiger partial charge in [0.1, 0.15) is 0 Å². The Morgan fingerprint density at radius 2 is 1.67 bits per heavy atom. The molecule has 0 saturated carbocycles. The zero-order valence-corrected chi connectivity index (χ0v) is 5.55. The Morgan fingerprint density at radius 1 is 1.33 bits per heavy atom. The largest absolute Gasteiger partial charge is 1.00 e. The van der Waals surface area contributed by atoms with Crippen molar-refractivity contribution in [2.45, 2.75) is 6.55 Å². The predicted molar refractivity (Wildman–Crippen MR) is 28.1 cm³/mol. The van der Waals surface area contributed by atoms with Crippen LogP contribution in [0.1, 0.15) is 1.43 Å². The molecule has 0 radical (unpaired) electrons. The lowest BCUT2D eigenvalue weighted by Gasteiger charge is -2.00. The molecule has 0 N–H and O–H groups in total. The van der Waals surface area contributed by atoms with Crippen LogP contribution in [0.2, 0.25) is 6.55 Å². The van der Waals surface area contributed by atoms with E-state index >= 15 is 0 Å². The number of hydrogen-bond donors (Lipinski definition) is 0. The van der Waals surface area contributed by atoms with Crippen molar-refractivity contribution in [3.63, 3.8) is 0 Å². The van der Waals surface area contributed by atoms with Crippen LogP contribution in [0.5, 0.6) is 0 Å². The van der Waals surface area contributed by atoms with Crippen molar-refractivity contribution in [1.82, 2.24) is 0 Å². The van der Waals surface area contributed by atoms with Gasteiger partial charge in [-0.2, -0.15) is 0 Å². The molecule has 0 bridgehead atoms. The summed E-state index contributed by atoms with van der Waals surface area (Å²) in [6, 6.07) is 0. The summed E-state index contributed by atoms with van der Waals surface area (Å²) in [4.78, 5) is 0. The topological polar surface area (TPSA) is 18.5 Å². The minimum Gasteiger partial charge on any atom is -0.400 e. The van der Waals surface area contributed by atoms with Crippen molar-refractivity contribution in [1.29, 1.82) is 0 Å². The fraction of sp³-hybridized carbons (Fsp3) is 1.00. The molecule has 0 aromatic carbocycles. The fourth-order valence-corrected chi connectivity index (χ4v) is 0.289. The Kier molecular flexibility index (Phi) is 3.41. The molecular formula is C3H11O2Si+. The third-order valence-corrected chi connectivity index (χ3v) is 1.99. The smallest absolute Gasteiger partial charge is 0.400 e. The first-order valence-electron chi connectivity index (χ1n) is 1.87. The van der Waals surface area contributed by atoms with E-state index in [1.165, 1.54) is 0 Å². The highest BCUT2D eigenvalue weighted by molar-refractivity contribution is 6.42. The molecule has 0 atom stereocenters. The van der Waals surface area contributed by atoms with Crippen LogP contribution in [0.3, 0.4) is 0 Å². The third kappa shape index (κ3) is 2.38. The summed E-state index contributed by atoms with van der Waals surface area (Å²) in [5, 5.41) is 0. The number of rotatable bonds is 2. The van der Waals surface area contributed by atoms with Crippen LogP contribution in [0, 0.1) is 0 Å². The zero-order valence-electron chi connectivity index (χ0n) is 5.39. The lowest BCUT2D eigenvalue weighted by molar-refractivity contribution is 0.285. The maximum atomic E-state index is 4.82. The normalized spacial score (nSPS) is 10.0. The van der Waals surface area contributed by atoms with Gasteiger partial charge in [-0.25, -0.2) is 0 Å². The SMILES string of the molecule is CO[SiH](C)OC.[H+]. The van der Waals surface area contributed by atoms with E-state index in [9.17, 15) is 0 Å². The summed E-state index contributed by atoms with van der Waals surface area (Å²) in [5.74, 6) is 0. The molecule has 6 heavy (non-hydrogen) atoms. The molecule has 3 heteroatoms. The second-order valence-corrected chi connectivity index (χ2v) is 3.12. The Hall–Kier alpha value is 0.137. The van der Waals surface area contributed by atoms with Gasteiger partial charge in [-0.1, -0.05) is 0 Å². The average molecular weight is 107 g/mol. The number of hydrogen-bond acceptors (Lipinski definition) is 2. The summed E-state index contributed by atoms with van der Waals surface area (Å²) >= 11 is 0. The van der Waals surface area contributed by atoms with Crippen LogP contribution in [-0.2, 0) is 8.85 Å². The van der Waals surface area contributed by atoms with Crippen LogP contribution < -0.4 is 0 Å². The van der Waals surface area contributed by atoms with E-state index < -0.39 is 9.28 Å². The standard InChI is InChI=1S/C3H10O2Si/c1-4-6(3)5-2/h6H,1-3H3/p+1. The van der Waals surface area contributed by atoms with Crippen LogP contribution in [0.25, 0.3) is 0 Å². The molecule has 0 heterocycles. The van der Waals surface area contributed by atoms with Crippen molar-refractivity contribution in [3.8, 4) is 0 Å². The Labute approximate surface area is 41.4 Å². The third-order valence-electron chi connectivity index (χ3n) is 0.664. The molecule has 0 aromatic heterocycles. The van der Waals surface area contributed by atoms with Gasteiger partial charge < -0.3 is 8.85 Å². The Bertz CT molecular complexity index is 32.1. The van der Waals surface area contributed by atoms with Crippen LogP contribution in [0.4, 0.5) is 0 Å². The van der Waals surface area contributed by atoms with Gasteiger partial charge in [-0.15, -0.1) is 0 Å². The summed E-state index contributed by atoms with van der Waals surface area (Å²) in [7, 11) is 2.17. The van der Waals surface area contributed by atoms with Gasteiger partial charge in [0.25, 0.3) is 0 Å². The van der Waals surface area contributed by atoms with Crippen LogP contribution in [-0.4, -0.2) is 23.5 Å². The molecule has 0 aliphatic rings. The van der Waals surface area contributed by atoms with E-state index in [0.717, 1.165) is 0 Å². The van der Waals surface area contributed by atoms with E-state index in [1.54, 1.807) is 14.2 Å². The molecule has 0 unspecified atom stereocenters. The van der Waals surface area contributed by atoms with Gasteiger partial charge in [-0.3, -0.25) is 0 Å². The lowest BCUT2D eigenvalue weighted by atomic mass is 11.8. The summed E-state index contributed by atoms with van der Waals surface area (Å²) in [6.45, 7) is 1.97. The van der Waals surface area contributed by atoms with Crippen LogP contribution >= 0.6 is 0 Å². The van der Waals surface area contributed by atoms with Gasteiger partial charge in [0.05, 0.1) is 0 Å². The van der Waals surface area contributed by atoms with Crippen molar-refractivity contribution in [3.05, 3.63) is 0 Å². The summed E-state index contributed by atoms with van der Waals surface area (Å²) in [6.07, 6.45) is 0. The van der Waals surface area contributed by atoms with Gasteiger partial charge in [0, 0.05) is 14.2 Å². The van der Waals surface area contributed by atoms with Gasteiger partial charge in [0.2, 0.25) is 0 Å².